The monoisotopic (exact) mass is 936 g/mol. The Morgan fingerprint density at radius 2 is 0.403 bits per heavy atom. The van der Waals surface area contributed by atoms with Crippen LogP contribution in [-0.4, -0.2) is 46.7 Å². The lowest BCUT2D eigenvalue weighted by Gasteiger charge is -2.10. The third-order valence-corrected chi connectivity index (χ3v) is 12.5. The molecule has 344 valence electrons. The molecule has 5 aliphatic heterocycles. The highest BCUT2D eigenvalue weighted by Gasteiger charge is 2.32. The summed E-state index contributed by atoms with van der Waals surface area (Å²) in [7, 11) is 0. The topological polar surface area (TPSA) is 136 Å². The minimum atomic E-state index is 0.378. The van der Waals surface area contributed by atoms with Crippen LogP contribution in [0.25, 0.3) is 0 Å². The van der Waals surface area contributed by atoms with E-state index < -0.39 is 0 Å². The van der Waals surface area contributed by atoms with Crippen LogP contribution in [0, 0.1) is 27.7 Å². The molecule has 12 nitrogen and oxygen atoms in total. The van der Waals surface area contributed by atoms with E-state index in [2.05, 4.69) is 0 Å². The molecule has 12 heteroatoms. The predicted molar refractivity (Wildman–Crippen MR) is 283 cm³/mol. The molecule has 8 bridgehead atoms. The first-order valence-corrected chi connectivity index (χ1v) is 23.4. The van der Waals surface area contributed by atoms with E-state index in [-0.39, 0.29) is 0 Å². The van der Waals surface area contributed by atoms with Gasteiger partial charge < -0.3 is 18.9 Å². The fourth-order valence-electron chi connectivity index (χ4n) is 9.09. The Balaban J connectivity index is 1.01. The van der Waals surface area contributed by atoms with Crippen LogP contribution in [0.2, 0.25) is 0 Å². The van der Waals surface area contributed by atoms with Crippen molar-refractivity contribution in [2.24, 2.45) is 39.9 Å². The van der Waals surface area contributed by atoms with Crippen LogP contribution in [0.4, 0.5) is 0 Å². The lowest BCUT2D eigenvalue weighted by molar-refractivity contribution is 0.482. The summed E-state index contributed by atoms with van der Waals surface area (Å²) in [6.45, 7) is 8.13. The third-order valence-electron chi connectivity index (χ3n) is 12.5. The highest BCUT2D eigenvalue weighted by molar-refractivity contribution is 6.35. The first-order valence-electron chi connectivity index (χ1n) is 23.4. The van der Waals surface area contributed by atoms with Crippen molar-refractivity contribution < 1.29 is 18.9 Å². The van der Waals surface area contributed by atoms with Crippen LogP contribution in [-0.2, 0) is 0 Å². The minimum Gasteiger partial charge on any atom is -0.457 e. The summed E-state index contributed by atoms with van der Waals surface area (Å²) in [5.74, 6) is 8.43. The fourth-order valence-corrected chi connectivity index (χ4v) is 9.09. The van der Waals surface area contributed by atoms with Crippen molar-refractivity contribution in [1.29, 1.82) is 0 Å². The van der Waals surface area contributed by atoms with Crippen molar-refractivity contribution >= 4 is 46.7 Å². The Morgan fingerprint density at radius 1 is 0.208 bits per heavy atom. The lowest BCUT2D eigenvalue weighted by atomic mass is 10.1. The van der Waals surface area contributed by atoms with Crippen molar-refractivity contribution in [2.45, 2.75) is 27.7 Å². The zero-order valence-corrected chi connectivity index (χ0v) is 39.4. The first-order chi connectivity index (χ1) is 35.2. The predicted octanol–water partition coefficient (Wildman–Crippen LogP) is 13.2. The Hall–Kier alpha value is -9.68. The molecule has 13 rings (SSSR count). The van der Waals surface area contributed by atoms with E-state index in [0.717, 1.165) is 44.5 Å². The van der Waals surface area contributed by atoms with Crippen LogP contribution in [0.5, 0.6) is 46.0 Å². The van der Waals surface area contributed by atoms with Gasteiger partial charge in [-0.25, -0.2) is 39.9 Å². The number of rotatable bonds is 8. The van der Waals surface area contributed by atoms with Gasteiger partial charge in [0, 0.05) is 44.5 Å². The second-order valence-electron chi connectivity index (χ2n) is 18.0. The maximum atomic E-state index is 6.43. The maximum Gasteiger partial charge on any atom is 0.164 e. The minimum absolute atomic E-state index is 0.378. The molecule has 8 aromatic rings. The number of ether oxygens (including phenoxy) is 4. The van der Waals surface area contributed by atoms with Gasteiger partial charge in [-0.05, 0) is 171 Å². The molecule has 0 aromatic heterocycles. The summed E-state index contributed by atoms with van der Waals surface area (Å²) in [6.07, 6.45) is 0. The molecule has 0 saturated heterocycles. The molecule has 0 fully saturated rings. The average Bonchev–Trinajstić information content (AvgIpc) is 4.09. The second-order valence-corrected chi connectivity index (χ2v) is 18.0. The van der Waals surface area contributed by atoms with Crippen LogP contribution in [0.1, 0.15) is 66.8 Å². The zero-order chi connectivity index (χ0) is 48.5. The number of benzene rings is 8. The van der Waals surface area contributed by atoms with Crippen molar-refractivity contribution in [3.63, 3.8) is 0 Å². The molecular weight excluding hydrogens is 897 g/mol. The molecule has 0 radical (unpaired) electrons. The molecular formula is C60H40N8O4. The summed E-state index contributed by atoms with van der Waals surface area (Å²) in [6, 6.07) is 54.9. The van der Waals surface area contributed by atoms with Gasteiger partial charge in [0.25, 0.3) is 0 Å². The van der Waals surface area contributed by atoms with Gasteiger partial charge in [-0.3, -0.25) is 0 Å². The standard InChI is InChI=1S/C60H40N8O4/c1-33-9-5-13-37(25-33)69-41-17-21-45-49(29-41)57-62-53(45)61-54-46-22-18-42(70-38-14-6-10-34(2)26-38)30-50(46)58(63-54)65-56-48-24-20-44(72-40-16-8-12-36(4)28-40)32-52(48)60(67-56)68-59-51-31-43(19-23-47(51)55(64-57)66-59)71-39-15-7-11-35(3)27-39/h5-32H,1-4H3. The van der Waals surface area contributed by atoms with Gasteiger partial charge in [0.15, 0.2) is 46.7 Å². The molecule has 0 N–H and O–H groups in total. The van der Waals surface area contributed by atoms with Crippen LogP contribution in [0.3, 0.4) is 0 Å². The molecule has 0 atom stereocenters. The Labute approximate surface area is 414 Å². The van der Waals surface area contributed by atoms with E-state index in [1.807, 2.05) is 198 Å². The van der Waals surface area contributed by atoms with E-state index in [1.165, 1.54) is 0 Å². The quantitative estimate of drug-likeness (QED) is 0.150. The van der Waals surface area contributed by atoms with Gasteiger partial charge in [-0.1, -0.05) is 48.5 Å². The summed E-state index contributed by atoms with van der Waals surface area (Å²) in [5, 5.41) is 0. The van der Waals surface area contributed by atoms with Crippen molar-refractivity contribution in [3.8, 4) is 46.0 Å². The van der Waals surface area contributed by atoms with Crippen LogP contribution < -0.4 is 18.9 Å². The van der Waals surface area contributed by atoms with Gasteiger partial charge in [-0.2, -0.15) is 0 Å². The Bertz CT molecular complexity index is 3930. The molecule has 5 heterocycles. The SMILES string of the molecule is Cc1cccc(Oc2ccc3c(c2)C2=NC3=NC3=NC(=NC4=NC(=NC5=NC(=N2)c2ccc(Oc6cccc(C)c6)cc25)c2cc(Oc5cccc(C)c5)ccc24)c2cc(Oc4cccc(C)c4)ccc23)c1. The molecule has 0 spiro atoms. The van der Waals surface area contributed by atoms with Crippen molar-refractivity contribution in [2.75, 3.05) is 0 Å². The van der Waals surface area contributed by atoms with Crippen LogP contribution in [0.15, 0.2) is 210 Å². The molecule has 0 saturated carbocycles. The van der Waals surface area contributed by atoms with Gasteiger partial charge >= 0.3 is 0 Å². The molecule has 8 aromatic carbocycles. The van der Waals surface area contributed by atoms with E-state index >= 15 is 0 Å². The molecule has 5 aliphatic rings. The molecule has 0 aliphatic carbocycles. The average molecular weight is 937 g/mol. The van der Waals surface area contributed by atoms with E-state index in [9.17, 15) is 0 Å². The Morgan fingerprint density at radius 3 is 0.611 bits per heavy atom. The number of fused-ring (bicyclic) bond motifs is 16. The van der Waals surface area contributed by atoms with E-state index in [4.69, 9.17) is 58.9 Å². The van der Waals surface area contributed by atoms with Gasteiger partial charge in [0.1, 0.15) is 46.0 Å². The number of hydrogen-bond acceptors (Lipinski definition) is 12. The Kier molecular flexibility index (Phi) is 10.1. The largest absolute Gasteiger partial charge is 0.457 e. The number of aliphatic imine (C=N–C) groups is 8. The summed E-state index contributed by atoms with van der Waals surface area (Å²) in [5.41, 5.74) is 10.1. The zero-order valence-electron chi connectivity index (χ0n) is 39.4. The second kappa shape index (κ2) is 17.1. The smallest absolute Gasteiger partial charge is 0.164 e. The van der Waals surface area contributed by atoms with E-state index in [1.54, 1.807) is 0 Å². The van der Waals surface area contributed by atoms with Crippen molar-refractivity contribution in [1.82, 2.24) is 0 Å². The number of aryl methyl sites for hydroxylation is 4. The lowest BCUT2D eigenvalue weighted by Crippen LogP contribution is -2.03. The highest BCUT2D eigenvalue weighted by Crippen LogP contribution is 2.37. The molecule has 0 amide bonds. The number of amidine groups is 8. The fraction of sp³-hybridized carbons (Fsp3) is 0.0667. The third kappa shape index (κ3) is 8.06. The normalized spacial score (nSPS) is 14.5. The van der Waals surface area contributed by atoms with Crippen molar-refractivity contribution in [3.05, 3.63) is 237 Å². The number of hydrogen-bond donors (Lipinski definition) is 0. The summed E-state index contributed by atoms with van der Waals surface area (Å²) >= 11 is 0. The summed E-state index contributed by atoms with van der Waals surface area (Å²) < 4.78 is 25.7. The number of nitrogens with zero attached hydrogens (tertiary/aromatic N) is 8. The van der Waals surface area contributed by atoms with Gasteiger partial charge in [0.2, 0.25) is 0 Å². The summed E-state index contributed by atoms with van der Waals surface area (Å²) in [4.78, 5) is 41.5. The maximum absolute atomic E-state index is 6.43. The molecule has 72 heavy (non-hydrogen) atoms. The van der Waals surface area contributed by atoms with Gasteiger partial charge in [-0.15, -0.1) is 0 Å². The highest BCUT2D eigenvalue weighted by atomic mass is 16.5. The van der Waals surface area contributed by atoms with E-state index in [0.29, 0.717) is 115 Å². The first kappa shape index (κ1) is 42.4. The van der Waals surface area contributed by atoms with Crippen LogP contribution >= 0.6 is 0 Å². The van der Waals surface area contributed by atoms with Gasteiger partial charge in [0.05, 0.1) is 0 Å². The molecule has 0 unspecified atom stereocenters.